The van der Waals surface area contributed by atoms with Crippen LogP contribution in [0.25, 0.3) is 11.0 Å². The molecule has 3 aromatic rings. The average molecular weight is 335 g/mol. The maximum absolute atomic E-state index is 12.9. The van der Waals surface area contributed by atoms with Crippen molar-refractivity contribution in [3.05, 3.63) is 59.4 Å². The maximum Gasteiger partial charge on any atom is 0.231 e. The lowest BCUT2D eigenvalue weighted by Crippen LogP contribution is -2.36. The smallest absolute Gasteiger partial charge is 0.231 e. The number of ether oxygens (including phenoxy) is 1. The highest BCUT2D eigenvalue weighted by Crippen LogP contribution is 2.30. The third-order valence-corrected chi connectivity index (χ3v) is 4.86. The highest BCUT2D eigenvalue weighted by atomic mass is 16.5. The molecule has 0 atom stereocenters. The molecule has 2 aromatic carbocycles. The van der Waals surface area contributed by atoms with Crippen molar-refractivity contribution in [1.82, 2.24) is 0 Å². The third-order valence-electron chi connectivity index (χ3n) is 4.86. The Labute approximate surface area is 147 Å². The van der Waals surface area contributed by atoms with Gasteiger partial charge in [0.15, 0.2) is 0 Å². The van der Waals surface area contributed by atoms with Gasteiger partial charge in [-0.15, -0.1) is 0 Å². The second-order valence-electron chi connectivity index (χ2n) is 6.58. The van der Waals surface area contributed by atoms with E-state index in [1.807, 2.05) is 23.1 Å². The van der Waals surface area contributed by atoms with Crippen molar-refractivity contribution in [2.45, 2.75) is 26.2 Å². The molecule has 0 unspecified atom stereocenters. The number of carbonyl (C=O) groups is 1. The van der Waals surface area contributed by atoms with E-state index in [0.717, 1.165) is 47.4 Å². The van der Waals surface area contributed by atoms with Gasteiger partial charge >= 0.3 is 0 Å². The number of aryl methyl sites for hydroxylation is 2. The number of carbonyl (C=O) groups excluding carboxylic acids is 1. The first kappa shape index (κ1) is 15.8. The van der Waals surface area contributed by atoms with Gasteiger partial charge in [0.2, 0.25) is 5.91 Å². The quantitative estimate of drug-likeness (QED) is 0.718. The summed E-state index contributed by atoms with van der Waals surface area (Å²) in [6.07, 6.45) is 4.06. The molecule has 4 heteroatoms. The SMILES string of the molecule is COc1ccc2c(CC(=O)N3CCCc4cc(C)ccc43)coc2c1. The number of hydrogen-bond acceptors (Lipinski definition) is 3. The second kappa shape index (κ2) is 6.28. The van der Waals surface area contributed by atoms with E-state index in [-0.39, 0.29) is 5.91 Å². The molecule has 0 spiro atoms. The predicted molar refractivity (Wildman–Crippen MR) is 98.3 cm³/mol. The summed E-state index contributed by atoms with van der Waals surface area (Å²) in [5.74, 6) is 0.864. The van der Waals surface area contributed by atoms with Crippen LogP contribution in [0.4, 0.5) is 5.69 Å². The maximum atomic E-state index is 12.9. The van der Waals surface area contributed by atoms with Gasteiger partial charge in [-0.05, 0) is 43.5 Å². The number of rotatable bonds is 3. The number of benzene rings is 2. The molecule has 1 aliphatic heterocycles. The molecule has 0 radical (unpaired) electrons. The molecule has 4 rings (SSSR count). The number of hydrogen-bond donors (Lipinski definition) is 0. The molecule has 0 aliphatic carbocycles. The second-order valence-corrected chi connectivity index (χ2v) is 6.58. The van der Waals surface area contributed by atoms with Crippen LogP contribution in [0.2, 0.25) is 0 Å². The summed E-state index contributed by atoms with van der Waals surface area (Å²) in [5, 5.41) is 0.968. The minimum absolute atomic E-state index is 0.114. The van der Waals surface area contributed by atoms with E-state index in [1.54, 1.807) is 13.4 Å². The average Bonchev–Trinajstić information content (AvgIpc) is 3.02. The van der Waals surface area contributed by atoms with Gasteiger partial charge < -0.3 is 14.1 Å². The van der Waals surface area contributed by atoms with Crippen molar-refractivity contribution in [2.24, 2.45) is 0 Å². The van der Waals surface area contributed by atoms with Crippen molar-refractivity contribution in [1.29, 1.82) is 0 Å². The molecule has 1 aliphatic rings. The van der Waals surface area contributed by atoms with Crippen LogP contribution in [0.1, 0.15) is 23.1 Å². The zero-order valence-electron chi connectivity index (χ0n) is 14.5. The molecule has 0 N–H and O–H groups in total. The molecule has 1 amide bonds. The van der Waals surface area contributed by atoms with Crippen molar-refractivity contribution in [3.63, 3.8) is 0 Å². The van der Waals surface area contributed by atoms with Crippen LogP contribution < -0.4 is 9.64 Å². The first-order valence-electron chi connectivity index (χ1n) is 8.60. The Morgan fingerprint density at radius 1 is 1.24 bits per heavy atom. The fraction of sp³-hybridized carbons (Fsp3) is 0.286. The predicted octanol–water partition coefficient (Wildman–Crippen LogP) is 4.27. The fourth-order valence-corrected chi connectivity index (χ4v) is 3.57. The lowest BCUT2D eigenvalue weighted by atomic mass is 9.99. The van der Waals surface area contributed by atoms with Crippen LogP contribution in [-0.2, 0) is 17.6 Å². The van der Waals surface area contributed by atoms with Crippen LogP contribution in [0.5, 0.6) is 5.75 Å². The molecule has 0 saturated carbocycles. The van der Waals surface area contributed by atoms with Gasteiger partial charge in [-0.2, -0.15) is 0 Å². The molecular weight excluding hydrogens is 314 g/mol. The van der Waals surface area contributed by atoms with Crippen LogP contribution in [0.15, 0.2) is 47.1 Å². The van der Waals surface area contributed by atoms with Gasteiger partial charge in [0.1, 0.15) is 11.3 Å². The van der Waals surface area contributed by atoms with E-state index in [0.29, 0.717) is 6.42 Å². The van der Waals surface area contributed by atoms with E-state index in [9.17, 15) is 4.79 Å². The topological polar surface area (TPSA) is 42.7 Å². The lowest BCUT2D eigenvalue weighted by molar-refractivity contribution is -0.118. The molecule has 2 heterocycles. The minimum atomic E-state index is 0.114. The Morgan fingerprint density at radius 2 is 2.12 bits per heavy atom. The molecule has 0 saturated heterocycles. The first-order valence-corrected chi connectivity index (χ1v) is 8.60. The lowest BCUT2D eigenvalue weighted by Gasteiger charge is -2.29. The van der Waals surface area contributed by atoms with Crippen molar-refractivity contribution >= 4 is 22.6 Å². The van der Waals surface area contributed by atoms with Gasteiger partial charge in [0, 0.05) is 29.2 Å². The number of nitrogens with zero attached hydrogens (tertiary/aromatic N) is 1. The van der Waals surface area contributed by atoms with Gasteiger partial charge in [0.25, 0.3) is 0 Å². The van der Waals surface area contributed by atoms with Crippen LogP contribution in [0, 0.1) is 6.92 Å². The molecule has 128 valence electrons. The Bertz CT molecular complexity index is 941. The van der Waals surface area contributed by atoms with Gasteiger partial charge in [-0.25, -0.2) is 0 Å². The molecular formula is C21H21NO3. The fourth-order valence-electron chi connectivity index (χ4n) is 3.57. The monoisotopic (exact) mass is 335 g/mol. The van der Waals surface area contributed by atoms with E-state index in [2.05, 4.69) is 25.1 Å². The van der Waals surface area contributed by atoms with Crippen LogP contribution >= 0.6 is 0 Å². The normalized spacial score (nSPS) is 13.8. The molecule has 1 aromatic heterocycles. The van der Waals surface area contributed by atoms with Crippen LogP contribution in [0.3, 0.4) is 0 Å². The van der Waals surface area contributed by atoms with Gasteiger partial charge in [-0.1, -0.05) is 17.7 Å². The van der Waals surface area contributed by atoms with E-state index in [1.165, 1.54) is 11.1 Å². The van der Waals surface area contributed by atoms with Crippen molar-refractivity contribution < 1.29 is 13.9 Å². The number of methoxy groups -OCH3 is 1. The summed E-state index contributed by atoms with van der Waals surface area (Å²) in [4.78, 5) is 14.9. The van der Waals surface area contributed by atoms with Gasteiger partial charge in [0.05, 0.1) is 19.8 Å². The Morgan fingerprint density at radius 3 is 2.96 bits per heavy atom. The largest absolute Gasteiger partial charge is 0.497 e. The summed E-state index contributed by atoms with van der Waals surface area (Å²) >= 11 is 0. The van der Waals surface area contributed by atoms with Crippen molar-refractivity contribution in [2.75, 3.05) is 18.6 Å². The Balaban J connectivity index is 1.61. The highest BCUT2D eigenvalue weighted by molar-refractivity contribution is 5.98. The molecule has 0 bridgehead atoms. The number of fused-ring (bicyclic) bond motifs is 2. The standard InChI is InChI=1S/C21H21NO3/c1-14-5-8-19-15(10-14)4-3-9-22(19)21(23)11-16-13-25-20-12-17(24-2)6-7-18(16)20/h5-8,10,12-13H,3-4,9,11H2,1-2H3. The summed E-state index contributed by atoms with van der Waals surface area (Å²) in [5.41, 5.74) is 5.22. The minimum Gasteiger partial charge on any atom is -0.497 e. The zero-order valence-corrected chi connectivity index (χ0v) is 14.5. The Kier molecular flexibility index (Phi) is 3.96. The van der Waals surface area contributed by atoms with E-state index in [4.69, 9.17) is 9.15 Å². The van der Waals surface area contributed by atoms with E-state index < -0.39 is 0 Å². The zero-order chi connectivity index (χ0) is 17.4. The summed E-state index contributed by atoms with van der Waals surface area (Å²) in [6, 6.07) is 12.0. The first-order chi connectivity index (χ1) is 12.2. The number of furan rings is 1. The number of amides is 1. The summed E-state index contributed by atoms with van der Waals surface area (Å²) < 4.78 is 10.8. The summed E-state index contributed by atoms with van der Waals surface area (Å²) in [6.45, 7) is 2.87. The molecule has 0 fully saturated rings. The molecule has 25 heavy (non-hydrogen) atoms. The molecule has 4 nitrogen and oxygen atoms in total. The van der Waals surface area contributed by atoms with E-state index >= 15 is 0 Å². The van der Waals surface area contributed by atoms with Gasteiger partial charge in [-0.3, -0.25) is 4.79 Å². The summed E-state index contributed by atoms with van der Waals surface area (Å²) in [7, 11) is 1.63. The Hall–Kier alpha value is -2.75. The van der Waals surface area contributed by atoms with Crippen LogP contribution in [-0.4, -0.2) is 19.6 Å². The van der Waals surface area contributed by atoms with Crippen molar-refractivity contribution in [3.8, 4) is 5.75 Å². The highest BCUT2D eigenvalue weighted by Gasteiger charge is 2.23. The third kappa shape index (κ3) is 2.88. The number of anilines is 1.